The summed E-state index contributed by atoms with van der Waals surface area (Å²) in [6.45, 7) is 6.99. The first-order valence-corrected chi connectivity index (χ1v) is 37.1. The van der Waals surface area contributed by atoms with Gasteiger partial charge in [-0.05, 0) is 70.3 Å². The van der Waals surface area contributed by atoms with Crippen molar-refractivity contribution in [3.63, 3.8) is 0 Å². The predicted octanol–water partition coefficient (Wildman–Crippen LogP) is 22.6. The normalized spacial score (nSPS) is 13.9. The molecule has 0 fully saturated rings. The van der Waals surface area contributed by atoms with Gasteiger partial charge in [0, 0.05) is 12.8 Å². The van der Waals surface area contributed by atoms with Gasteiger partial charge in [-0.3, -0.25) is 18.6 Å². The number of amides is 1. The van der Waals surface area contributed by atoms with Crippen LogP contribution in [0.1, 0.15) is 342 Å². The van der Waals surface area contributed by atoms with Crippen LogP contribution in [-0.2, 0) is 27.9 Å². The van der Waals surface area contributed by atoms with Crippen LogP contribution >= 0.6 is 7.82 Å². The summed E-state index contributed by atoms with van der Waals surface area (Å²) < 4.78 is 30.8. The van der Waals surface area contributed by atoms with Gasteiger partial charge in [0.05, 0.1) is 33.8 Å². The molecule has 2 N–H and O–H groups in total. The maximum Gasteiger partial charge on any atom is 0.472 e. The lowest BCUT2D eigenvalue weighted by molar-refractivity contribution is -0.870. The van der Waals surface area contributed by atoms with Crippen LogP contribution in [0.2, 0.25) is 0 Å². The van der Waals surface area contributed by atoms with Gasteiger partial charge in [-0.2, -0.15) is 0 Å². The Balaban J connectivity index is 5.07. The molecule has 0 saturated carbocycles. The van der Waals surface area contributed by atoms with Crippen LogP contribution in [0.25, 0.3) is 0 Å². The molecule has 0 aliphatic carbocycles. The summed E-state index contributed by atoms with van der Waals surface area (Å²) in [6, 6.07) is -0.877. The van der Waals surface area contributed by atoms with Crippen molar-refractivity contribution in [3.05, 3.63) is 60.8 Å². The minimum Gasteiger partial charge on any atom is -0.456 e. The quantitative estimate of drug-likeness (QED) is 0.0205. The molecule has 9 nitrogen and oxygen atoms in total. The van der Waals surface area contributed by atoms with Gasteiger partial charge in [-0.15, -0.1) is 0 Å². The first kappa shape index (κ1) is 80.7. The first-order valence-electron chi connectivity index (χ1n) is 35.6. The molecule has 0 aromatic carbocycles. The molecule has 0 heterocycles. The van der Waals surface area contributed by atoms with Crippen molar-refractivity contribution in [1.29, 1.82) is 0 Å². The van der Waals surface area contributed by atoms with Gasteiger partial charge in [0.25, 0.3) is 0 Å². The van der Waals surface area contributed by atoms with Crippen molar-refractivity contribution in [1.82, 2.24) is 5.32 Å². The molecule has 486 valence electrons. The molecule has 0 bridgehead atoms. The van der Waals surface area contributed by atoms with E-state index in [0.29, 0.717) is 17.4 Å². The molecule has 0 aliphatic heterocycles. The van der Waals surface area contributed by atoms with E-state index in [9.17, 15) is 19.0 Å². The average molecular weight is 1190 g/mol. The molecule has 3 unspecified atom stereocenters. The number of esters is 1. The SMILES string of the molecule is CCCCC/C=C\C/C=C\C/C=C\C/C=C\CCCC(=O)NC(COP(=O)(O)OCC[N+](C)(C)C)C(/C=C\CCCCCCCCCCCCC)OC(=O)CCCCCCCCCCCCCCCCCCCCCCCCCCCCC. The number of carbonyl (C=O) groups excluding carboxylic acids is 2. The zero-order chi connectivity index (χ0) is 60.7. The smallest absolute Gasteiger partial charge is 0.456 e. The molecule has 83 heavy (non-hydrogen) atoms. The Hall–Kier alpha value is -2.29. The van der Waals surface area contributed by atoms with E-state index in [1.165, 1.54) is 238 Å². The number of likely N-dealkylation sites (N-methyl/N-ethyl adjacent to an activating group) is 1. The van der Waals surface area contributed by atoms with Crippen LogP contribution in [0, 0.1) is 0 Å². The second-order valence-corrected chi connectivity index (χ2v) is 26.9. The third-order valence-corrected chi connectivity index (χ3v) is 16.9. The Bertz CT molecular complexity index is 1600. The minimum absolute atomic E-state index is 0.0305. The van der Waals surface area contributed by atoms with Crippen molar-refractivity contribution in [2.24, 2.45) is 0 Å². The largest absolute Gasteiger partial charge is 0.472 e. The number of phosphoric acid groups is 1. The molecular formula is C73H138N2O7P+. The highest BCUT2D eigenvalue weighted by atomic mass is 31.2. The number of unbranched alkanes of at least 4 members (excludes halogenated alkanes) is 41. The Morgan fingerprint density at radius 1 is 0.422 bits per heavy atom. The summed E-state index contributed by atoms with van der Waals surface area (Å²) in [5, 5.41) is 3.04. The van der Waals surface area contributed by atoms with Gasteiger partial charge in [-0.25, -0.2) is 4.57 Å². The number of quaternary nitrogens is 1. The number of ether oxygens (including phenoxy) is 1. The van der Waals surface area contributed by atoms with Crippen LogP contribution < -0.4 is 5.32 Å². The zero-order valence-corrected chi connectivity index (χ0v) is 56.6. The molecule has 0 aromatic heterocycles. The molecule has 0 rings (SSSR count). The minimum atomic E-state index is -4.47. The summed E-state index contributed by atoms with van der Waals surface area (Å²) in [5.74, 6) is -0.557. The van der Waals surface area contributed by atoms with Crippen LogP contribution in [-0.4, -0.2) is 74.3 Å². The maximum absolute atomic E-state index is 13.6. The van der Waals surface area contributed by atoms with E-state index in [-0.39, 0.29) is 37.9 Å². The number of nitrogens with one attached hydrogen (secondary N) is 1. The van der Waals surface area contributed by atoms with Gasteiger partial charge >= 0.3 is 13.8 Å². The number of carbonyl (C=O) groups is 2. The average Bonchev–Trinajstić information content (AvgIpc) is 3.46. The van der Waals surface area contributed by atoms with E-state index in [0.717, 1.165) is 64.2 Å². The molecule has 0 aromatic rings. The number of rotatable bonds is 65. The third kappa shape index (κ3) is 64.0. The lowest BCUT2D eigenvalue weighted by Crippen LogP contribution is -2.47. The van der Waals surface area contributed by atoms with E-state index >= 15 is 0 Å². The fourth-order valence-corrected chi connectivity index (χ4v) is 11.2. The molecule has 0 spiro atoms. The highest BCUT2D eigenvalue weighted by molar-refractivity contribution is 7.47. The number of hydrogen-bond acceptors (Lipinski definition) is 6. The number of allylic oxidation sites excluding steroid dienone is 9. The first-order chi connectivity index (χ1) is 40.4. The number of hydrogen-bond donors (Lipinski definition) is 2. The molecular weight excluding hydrogens is 1050 g/mol. The Labute approximate surface area is 515 Å². The van der Waals surface area contributed by atoms with Crippen molar-refractivity contribution in [2.75, 3.05) is 40.9 Å². The molecule has 3 atom stereocenters. The second kappa shape index (κ2) is 62.8. The highest BCUT2D eigenvalue weighted by Crippen LogP contribution is 2.43. The molecule has 0 aliphatic rings. The van der Waals surface area contributed by atoms with Gasteiger partial charge in [0.15, 0.2) is 0 Å². The summed E-state index contributed by atoms with van der Waals surface area (Å²) >= 11 is 0. The van der Waals surface area contributed by atoms with Crippen LogP contribution in [0.4, 0.5) is 0 Å². The lowest BCUT2D eigenvalue weighted by atomic mass is 10.0. The molecule has 0 saturated heterocycles. The molecule has 1 amide bonds. The van der Waals surface area contributed by atoms with Crippen molar-refractivity contribution < 1.29 is 37.3 Å². The third-order valence-electron chi connectivity index (χ3n) is 16.0. The number of nitrogens with zero attached hydrogens (tertiary/aromatic N) is 1. The standard InChI is InChI=1S/C73H137N2O7P/c1-7-10-13-16-19-22-25-28-30-32-33-34-35-36-37-38-39-40-41-43-45-48-51-54-57-60-63-66-73(77)82-71(64-61-58-55-52-49-46-27-24-21-18-15-12-9-3)70(69-81-83(78,79)80-68-67-75(4,5)6)74-72(76)65-62-59-56-53-50-47-44-42-31-29-26-23-20-17-14-11-8-2/h20,23,29,31,44,47,53,56,61,64,70-71H,7-19,21-22,24-28,30,32-43,45-46,48-52,54-55,57-60,62-63,65-69H2,1-6H3,(H-,74,76,78,79)/p+1/b23-20-,31-29-,47-44-,56-53-,64-61-. The Morgan fingerprint density at radius 3 is 1.14 bits per heavy atom. The van der Waals surface area contributed by atoms with E-state index in [1.807, 2.05) is 33.3 Å². The van der Waals surface area contributed by atoms with Crippen molar-refractivity contribution >= 4 is 19.7 Å². The second-order valence-electron chi connectivity index (χ2n) is 25.4. The Kier molecular flexibility index (Phi) is 61.0. The van der Waals surface area contributed by atoms with E-state index in [1.54, 1.807) is 0 Å². The van der Waals surface area contributed by atoms with Crippen LogP contribution in [0.5, 0.6) is 0 Å². The summed E-state index contributed by atoms with van der Waals surface area (Å²) in [5.41, 5.74) is 0. The van der Waals surface area contributed by atoms with Gasteiger partial charge in [0.2, 0.25) is 5.91 Å². The molecule has 0 radical (unpaired) electrons. The van der Waals surface area contributed by atoms with Crippen LogP contribution in [0.3, 0.4) is 0 Å². The van der Waals surface area contributed by atoms with E-state index in [2.05, 4.69) is 74.7 Å². The predicted molar refractivity (Wildman–Crippen MR) is 360 cm³/mol. The van der Waals surface area contributed by atoms with E-state index in [4.69, 9.17) is 13.8 Å². The summed E-state index contributed by atoms with van der Waals surface area (Å²) in [7, 11) is 1.47. The van der Waals surface area contributed by atoms with Crippen molar-refractivity contribution in [2.45, 2.75) is 354 Å². The topological polar surface area (TPSA) is 111 Å². The monoisotopic (exact) mass is 1190 g/mol. The summed E-state index contributed by atoms with van der Waals surface area (Å²) in [4.78, 5) is 37.8. The van der Waals surface area contributed by atoms with Gasteiger partial charge in [-0.1, -0.05) is 319 Å². The number of phosphoric ester groups is 1. The Morgan fingerprint density at radius 2 is 0.747 bits per heavy atom. The van der Waals surface area contributed by atoms with Gasteiger partial charge in [0.1, 0.15) is 19.3 Å². The van der Waals surface area contributed by atoms with Crippen LogP contribution in [0.15, 0.2) is 60.8 Å². The van der Waals surface area contributed by atoms with E-state index < -0.39 is 20.0 Å². The lowest BCUT2D eigenvalue weighted by Gasteiger charge is -2.27. The summed E-state index contributed by atoms with van der Waals surface area (Å²) in [6.07, 6.45) is 81.1. The molecule has 10 heteroatoms. The zero-order valence-electron chi connectivity index (χ0n) is 55.7. The maximum atomic E-state index is 13.6. The van der Waals surface area contributed by atoms with Crippen molar-refractivity contribution in [3.8, 4) is 0 Å². The van der Waals surface area contributed by atoms with Gasteiger partial charge < -0.3 is 19.4 Å². The fraction of sp³-hybridized carbons (Fsp3) is 0.836. The highest BCUT2D eigenvalue weighted by Gasteiger charge is 2.30. The fourth-order valence-electron chi connectivity index (χ4n) is 10.5.